The molecular weight excluding hydrogens is 362 g/mol. The van der Waals surface area contributed by atoms with Gasteiger partial charge in [-0.15, -0.1) is 0 Å². The highest BCUT2D eigenvalue weighted by molar-refractivity contribution is 7.89. The first kappa shape index (κ1) is 20.8. The van der Waals surface area contributed by atoms with Gasteiger partial charge in [0.05, 0.1) is 10.6 Å². The quantitative estimate of drug-likeness (QED) is 0.739. The minimum absolute atomic E-state index is 0.179. The molecule has 6 nitrogen and oxygen atoms in total. The maximum Gasteiger partial charge on any atom is 0.248 e. The summed E-state index contributed by atoms with van der Waals surface area (Å²) >= 11 is 0. The Balaban J connectivity index is 2.31. The number of aryl methyl sites for hydroxylation is 1. The normalized spacial score (nSPS) is 11.9. The average Bonchev–Trinajstić information content (AvgIpc) is 2.65. The van der Waals surface area contributed by atoms with E-state index in [9.17, 15) is 13.2 Å². The van der Waals surface area contributed by atoms with Crippen LogP contribution in [-0.2, 0) is 14.8 Å². The van der Waals surface area contributed by atoms with Crippen molar-refractivity contribution in [1.82, 2.24) is 9.29 Å². The lowest BCUT2D eigenvalue weighted by Crippen LogP contribution is -2.30. The van der Waals surface area contributed by atoms with Gasteiger partial charge in [-0.1, -0.05) is 19.9 Å². The molecular formula is C20H25N3O3S. The smallest absolute Gasteiger partial charge is 0.248 e. The summed E-state index contributed by atoms with van der Waals surface area (Å²) in [6.45, 7) is 8.05. The highest BCUT2D eigenvalue weighted by Gasteiger charge is 2.23. The number of nitrogens with zero attached hydrogens (tertiary/aromatic N) is 2. The summed E-state index contributed by atoms with van der Waals surface area (Å²) in [7, 11) is -3.60. The van der Waals surface area contributed by atoms with Gasteiger partial charge in [0, 0.05) is 31.0 Å². The number of benzene rings is 1. The largest absolute Gasteiger partial charge is 0.322 e. The number of carbonyl (C=O) groups is 1. The molecule has 0 aliphatic rings. The third-order valence-electron chi connectivity index (χ3n) is 4.34. The number of hydrogen-bond acceptors (Lipinski definition) is 4. The zero-order valence-corrected chi connectivity index (χ0v) is 16.9. The lowest BCUT2D eigenvalue weighted by atomic mass is 10.1. The van der Waals surface area contributed by atoms with Crippen LogP contribution in [0.1, 0.15) is 30.7 Å². The summed E-state index contributed by atoms with van der Waals surface area (Å²) < 4.78 is 27.0. The van der Waals surface area contributed by atoms with Gasteiger partial charge in [-0.2, -0.15) is 4.31 Å². The number of sulfonamides is 1. The van der Waals surface area contributed by atoms with E-state index in [4.69, 9.17) is 0 Å². The molecule has 0 spiro atoms. The van der Waals surface area contributed by atoms with Gasteiger partial charge in [0.15, 0.2) is 0 Å². The first-order chi connectivity index (χ1) is 12.8. The fraction of sp³-hybridized carbons (Fsp3) is 0.300. The second-order valence-corrected chi connectivity index (χ2v) is 8.02. The van der Waals surface area contributed by atoms with Gasteiger partial charge in [-0.3, -0.25) is 9.78 Å². The lowest BCUT2D eigenvalue weighted by Gasteiger charge is -2.20. The monoisotopic (exact) mass is 387 g/mol. The highest BCUT2D eigenvalue weighted by Crippen LogP contribution is 2.26. The standard InChI is InChI=1S/C20H25N3O3S/c1-5-23(6-2)27(25,26)18-13-15(3)16(4)19(14-18)22-20(24)11-10-17-9-7-8-12-21-17/h7-14H,5-6H2,1-4H3,(H,22,24)/b11-10+. The van der Waals surface area contributed by atoms with E-state index in [1.807, 2.05) is 19.9 Å². The van der Waals surface area contributed by atoms with Gasteiger partial charge >= 0.3 is 0 Å². The maximum absolute atomic E-state index is 12.8. The van der Waals surface area contributed by atoms with Gasteiger partial charge in [0.2, 0.25) is 15.9 Å². The molecule has 0 fully saturated rings. The molecule has 0 aliphatic heterocycles. The zero-order chi connectivity index (χ0) is 20.0. The van der Waals surface area contributed by atoms with Crippen molar-refractivity contribution in [3.8, 4) is 0 Å². The molecule has 0 aliphatic carbocycles. The van der Waals surface area contributed by atoms with E-state index < -0.39 is 10.0 Å². The van der Waals surface area contributed by atoms with E-state index in [0.717, 1.165) is 11.1 Å². The fourth-order valence-electron chi connectivity index (χ4n) is 2.63. The van der Waals surface area contributed by atoms with Crippen molar-refractivity contribution in [2.24, 2.45) is 0 Å². The van der Waals surface area contributed by atoms with Crippen LogP contribution >= 0.6 is 0 Å². The summed E-state index contributed by atoms with van der Waals surface area (Å²) in [5.74, 6) is -0.347. The van der Waals surface area contributed by atoms with Crippen molar-refractivity contribution in [2.45, 2.75) is 32.6 Å². The van der Waals surface area contributed by atoms with Crippen LogP contribution in [0.15, 0.2) is 47.5 Å². The maximum atomic E-state index is 12.8. The predicted molar refractivity (Wildman–Crippen MR) is 108 cm³/mol. The first-order valence-electron chi connectivity index (χ1n) is 8.81. The molecule has 0 saturated heterocycles. The van der Waals surface area contributed by atoms with Crippen LogP contribution in [-0.4, -0.2) is 36.7 Å². The molecule has 0 unspecified atom stereocenters. The van der Waals surface area contributed by atoms with E-state index in [2.05, 4.69) is 10.3 Å². The van der Waals surface area contributed by atoms with Crippen molar-refractivity contribution in [1.29, 1.82) is 0 Å². The number of anilines is 1. The molecule has 0 bridgehead atoms. The number of nitrogens with one attached hydrogen (secondary N) is 1. The minimum atomic E-state index is -3.60. The Morgan fingerprint density at radius 3 is 2.48 bits per heavy atom. The van der Waals surface area contributed by atoms with Gasteiger partial charge in [-0.25, -0.2) is 8.42 Å². The van der Waals surface area contributed by atoms with Crippen LogP contribution in [0, 0.1) is 13.8 Å². The van der Waals surface area contributed by atoms with Gasteiger partial charge in [0.1, 0.15) is 0 Å². The summed E-state index contributed by atoms with van der Waals surface area (Å²) in [4.78, 5) is 16.6. The molecule has 0 atom stereocenters. The SMILES string of the molecule is CCN(CC)S(=O)(=O)c1cc(C)c(C)c(NC(=O)/C=C/c2ccccn2)c1. The van der Waals surface area contributed by atoms with E-state index in [1.54, 1.807) is 44.3 Å². The van der Waals surface area contributed by atoms with E-state index in [1.165, 1.54) is 16.4 Å². The van der Waals surface area contributed by atoms with Crippen LogP contribution in [0.5, 0.6) is 0 Å². The molecule has 1 aromatic carbocycles. The summed E-state index contributed by atoms with van der Waals surface area (Å²) in [6, 6.07) is 8.58. The topological polar surface area (TPSA) is 79.4 Å². The highest BCUT2D eigenvalue weighted by atomic mass is 32.2. The van der Waals surface area contributed by atoms with Crippen LogP contribution < -0.4 is 5.32 Å². The Labute approximate surface area is 161 Å². The van der Waals surface area contributed by atoms with E-state index >= 15 is 0 Å². The van der Waals surface area contributed by atoms with Gasteiger partial charge < -0.3 is 5.32 Å². The van der Waals surface area contributed by atoms with Crippen LogP contribution in [0.2, 0.25) is 0 Å². The van der Waals surface area contributed by atoms with E-state index in [-0.39, 0.29) is 10.8 Å². The molecule has 2 aromatic rings. The fourth-order valence-corrected chi connectivity index (χ4v) is 4.20. The third-order valence-corrected chi connectivity index (χ3v) is 6.36. The molecule has 2 rings (SSSR count). The first-order valence-corrected chi connectivity index (χ1v) is 10.2. The average molecular weight is 388 g/mol. The van der Waals surface area contributed by atoms with Crippen LogP contribution in [0.4, 0.5) is 5.69 Å². The van der Waals surface area contributed by atoms with Crippen molar-refractivity contribution >= 4 is 27.7 Å². The van der Waals surface area contributed by atoms with Crippen LogP contribution in [0.3, 0.4) is 0 Å². The molecule has 0 radical (unpaired) electrons. The Kier molecular flexibility index (Phi) is 6.87. The second kappa shape index (κ2) is 8.92. The van der Waals surface area contributed by atoms with Gasteiger partial charge in [0.25, 0.3) is 0 Å². The number of amides is 1. The van der Waals surface area contributed by atoms with Crippen molar-refractivity contribution < 1.29 is 13.2 Å². The molecule has 27 heavy (non-hydrogen) atoms. The number of carbonyl (C=O) groups excluding carboxylic acids is 1. The number of hydrogen-bond donors (Lipinski definition) is 1. The predicted octanol–water partition coefficient (Wildman–Crippen LogP) is 3.38. The summed E-state index contributed by atoms with van der Waals surface area (Å²) in [5, 5.41) is 2.77. The van der Waals surface area contributed by atoms with Crippen molar-refractivity contribution in [3.63, 3.8) is 0 Å². The second-order valence-electron chi connectivity index (χ2n) is 6.08. The molecule has 1 amide bonds. The molecule has 1 N–H and O–H groups in total. The number of rotatable bonds is 7. The van der Waals surface area contributed by atoms with Gasteiger partial charge in [-0.05, 0) is 55.3 Å². The molecule has 144 valence electrons. The zero-order valence-electron chi connectivity index (χ0n) is 16.1. The Bertz CT molecular complexity index is 934. The number of pyridine rings is 1. The summed E-state index contributed by atoms with van der Waals surface area (Å²) in [5.41, 5.74) is 2.77. The molecule has 0 saturated carbocycles. The number of aromatic nitrogens is 1. The minimum Gasteiger partial charge on any atom is -0.322 e. The molecule has 1 aromatic heterocycles. The Morgan fingerprint density at radius 2 is 1.89 bits per heavy atom. The van der Waals surface area contributed by atoms with E-state index in [0.29, 0.717) is 24.5 Å². The summed E-state index contributed by atoms with van der Waals surface area (Å²) in [6.07, 6.45) is 4.63. The third kappa shape index (κ3) is 5.02. The van der Waals surface area contributed by atoms with Crippen molar-refractivity contribution in [2.75, 3.05) is 18.4 Å². The Morgan fingerprint density at radius 1 is 1.19 bits per heavy atom. The molecule has 1 heterocycles. The van der Waals surface area contributed by atoms with Crippen molar-refractivity contribution in [3.05, 3.63) is 59.4 Å². The van der Waals surface area contributed by atoms with Crippen LogP contribution in [0.25, 0.3) is 6.08 Å². The lowest BCUT2D eigenvalue weighted by molar-refractivity contribution is -0.111. The Hall–Kier alpha value is -2.51. The molecule has 7 heteroatoms.